The standard InChI is InChI=1S/C16H26N2O/c1-5-13(9-10-17)16(19)18-15-12(4)7-6-8-14(15)11(2)3/h6-8,11,13H,5,9-10,17H2,1-4H3,(H,18,19). The maximum Gasteiger partial charge on any atom is 0.227 e. The highest BCUT2D eigenvalue weighted by molar-refractivity contribution is 5.94. The van der Waals surface area contributed by atoms with Gasteiger partial charge in [0, 0.05) is 11.6 Å². The molecule has 0 fully saturated rings. The molecule has 19 heavy (non-hydrogen) atoms. The van der Waals surface area contributed by atoms with Crippen molar-refractivity contribution in [3.05, 3.63) is 29.3 Å². The fourth-order valence-corrected chi connectivity index (χ4v) is 2.29. The molecular weight excluding hydrogens is 236 g/mol. The van der Waals surface area contributed by atoms with Gasteiger partial charge in [0.05, 0.1) is 0 Å². The Hall–Kier alpha value is -1.35. The molecule has 106 valence electrons. The van der Waals surface area contributed by atoms with Gasteiger partial charge in [-0.2, -0.15) is 0 Å². The van der Waals surface area contributed by atoms with Crippen molar-refractivity contribution in [1.29, 1.82) is 0 Å². The smallest absolute Gasteiger partial charge is 0.227 e. The number of carbonyl (C=O) groups is 1. The Bertz CT molecular complexity index is 427. The molecule has 0 aliphatic heterocycles. The molecule has 0 heterocycles. The second-order valence-corrected chi connectivity index (χ2v) is 5.37. The molecule has 0 bridgehead atoms. The van der Waals surface area contributed by atoms with Crippen molar-refractivity contribution in [2.24, 2.45) is 11.7 Å². The quantitative estimate of drug-likeness (QED) is 0.825. The van der Waals surface area contributed by atoms with E-state index in [4.69, 9.17) is 5.73 Å². The van der Waals surface area contributed by atoms with Crippen LogP contribution in [0.2, 0.25) is 0 Å². The molecule has 3 heteroatoms. The average Bonchev–Trinajstić information content (AvgIpc) is 2.37. The highest BCUT2D eigenvalue weighted by Crippen LogP contribution is 2.28. The summed E-state index contributed by atoms with van der Waals surface area (Å²) in [7, 11) is 0. The summed E-state index contributed by atoms with van der Waals surface area (Å²) in [5.41, 5.74) is 8.84. The summed E-state index contributed by atoms with van der Waals surface area (Å²) in [6, 6.07) is 6.15. The van der Waals surface area contributed by atoms with Crippen LogP contribution in [0, 0.1) is 12.8 Å². The Morgan fingerprint density at radius 1 is 1.37 bits per heavy atom. The highest BCUT2D eigenvalue weighted by Gasteiger charge is 2.18. The lowest BCUT2D eigenvalue weighted by molar-refractivity contribution is -0.120. The molecule has 1 aromatic carbocycles. The van der Waals surface area contributed by atoms with Crippen molar-refractivity contribution in [2.75, 3.05) is 11.9 Å². The maximum atomic E-state index is 12.3. The predicted molar refractivity (Wildman–Crippen MR) is 81.4 cm³/mol. The molecule has 3 N–H and O–H groups in total. The number of para-hydroxylation sites is 1. The van der Waals surface area contributed by atoms with Gasteiger partial charge in [-0.25, -0.2) is 0 Å². The van der Waals surface area contributed by atoms with Crippen LogP contribution in [0.25, 0.3) is 0 Å². The van der Waals surface area contributed by atoms with Gasteiger partial charge in [-0.3, -0.25) is 4.79 Å². The molecule has 1 unspecified atom stereocenters. The minimum absolute atomic E-state index is 0.00428. The van der Waals surface area contributed by atoms with Crippen LogP contribution in [0.4, 0.5) is 5.69 Å². The number of hydrogen-bond donors (Lipinski definition) is 2. The SMILES string of the molecule is CCC(CCN)C(=O)Nc1c(C)cccc1C(C)C. The van der Waals surface area contributed by atoms with Crippen LogP contribution in [-0.4, -0.2) is 12.5 Å². The van der Waals surface area contributed by atoms with Gasteiger partial charge < -0.3 is 11.1 Å². The van der Waals surface area contributed by atoms with Gasteiger partial charge in [0.2, 0.25) is 5.91 Å². The Kier molecular flexibility index (Phi) is 6.03. The van der Waals surface area contributed by atoms with Crippen molar-refractivity contribution < 1.29 is 4.79 Å². The first kappa shape index (κ1) is 15.7. The molecule has 0 saturated carbocycles. The number of anilines is 1. The number of aryl methyl sites for hydroxylation is 1. The van der Waals surface area contributed by atoms with Gasteiger partial charge >= 0.3 is 0 Å². The van der Waals surface area contributed by atoms with Crippen molar-refractivity contribution >= 4 is 11.6 Å². The van der Waals surface area contributed by atoms with Gasteiger partial charge in [0.1, 0.15) is 0 Å². The largest absolute Gasteiger partial charge is 0.330 e. The highest BCUT2D eigenvalue weighted by atomic mass is 16.1. The third-order valence-electron chi connectivity index (χ3n) is 3.55. The first-order valence-electron chi connectivity index (χ1n) is 7.11. The first-order chi connectivity index (χ1) is 9.01. The zero-order chi connectivity index (χ0) is 14.4. The van der Waals surface area contributed by atoms with E-state index in [1.807, 2.05) is 26.0 Å². The second-order valence-electron chi connectivity index (χ2n) is 5.37. The minimum Gasteiger partial charge on any atom is -0.330 e. The van der Waals surface area contributed by atoms with Crippen molar-refractivity contribution in [2.45, 2.75) is 46.5 Å². The summed E-state index contributed by atoms with van der Waals surface area (Å²) in [6.45, 7) is 8.90. The first-order valence-corrected chi connectivity index (χ1v) is 7.11. The van der Waals surface area contributed by atoms with Gasteiger partial charge in [0.15, 0.2) is 0 Å². The van der Waals surface area contributed by atoms with Gasteiger partial charge in [-0.1, -0.05) is 39.0 Å². The zero-order valence-corrected chi connectivity index (χ0v) is 12.5. The second kappa shape index (κ2) is 7.29. The minimum atomic E-state index is 0.00428. The van der Waals surface area contributed by atoms with Crippen molar-refractivity contribution in [3.63, 3.8) is 0 Å². The molecule has 1 rings (SSSR count). The Labute approximate surface area is 116 Å². The van der Waals surface area contributed by atoms with Gasteiger partial charge in [-0.15, -0.1) is 0 Å². The van der Waals surface area contributed by atoms with Gasteiger partial charge in [0.25, 0.3) is 0 Å². The summed E-state index contributed by atoms with van der Waals surface area (Å²) < 4.78 is 0. The molecule has 1 aromatic rings. The summed E-state index contributed by atoms with van der Waals surface area (Å²) in [5.74, 6) is 0.485. The lowest BCUT2D eigenvalue weighted by Crippen LogP contribution is -2.25. The number of amides is 1. The zero-order valence-electron chi connectivity index (χ0n) is 12.5. The molecule has 0 spiro atoms. The molecule has 0 aromatic heterocycles. The van der Waals surface area contributed by atoms with E-state index in [1.54, 1.807) is 0 Å². The lowest BCUT2D eigenvalue weighted by atomic mass is 9.96. The molecule has 0 saturated heterocycles. The van der Waals surface area contributed by atoms with Crippen LogP contribution in [0.15, 0.2) is 18.2 Å². The fourth-order valence-electron chi connectivity index (χ4n) is 2.29. The summed E-state index contributed by atoms with van der Waals surface area (Å²) in [5, 5.41) is 3.10. The molecule has 0 aliphatic carbocycles. The summed E-state index contributed by atoms with van der Waals surface area (Å²) in [6.07, 6.45) is 1.57. The van der Waals surface area contributed by atoms with Crippen LogP contribution in [-0.2, 0) is 4.79 Å². The van der Waals surface area contributed by atoms with E-state index in [0.717, 1.165) is 24.1 Å². The third-order valence-corrected chi connectivity index (χ3v) is 3.55. The Morgan fingerprint density at radius 3 is 2.58 bits per heavy atom. The van der Waals surface area contributed by atoms with E-state index in [-0.39, 0.29) is 11.8 Å². The van der Waals surface area contributed by atoms with E-state index in [1.165, 1.54) is 5.56 Å². The number of benzene rings is 1. The Morgan fingerprint density at radius 2 is 2.05 bits per heavy atom. The van der Waals surface area contributed by atoms with E-state index in [9.17, 15) is 4.79 Å². The Balaban J connectivity index is 2.95. The monoisotopic (exact) mass is 262 g/mol. The van der Waals surface area contributed by atoms with Crippen molar-refractivity contribution in [3.8, 4) is 0 Å². The van der Waals surface area contributed by atoms with E-state index in [2.05, 4.69) is 25.2 Å². The summed E-state index contributed by atoms with van der Waals surface area (Å²) >= 11 is 0. The van der Waals surface area contributed by atoms with Crippen LogP contribution in [0.1, 0.15) is 50.7 Å². The number of nitrogens with one attached hydrogen (secondary N) is 1. The third kappa shape index (κ3) is 4.06. The number of hydrogen-bond acceptors (Lipinski definition) is 2. The van der Waals surface area contributed by atoms with E-state index < -0.39 is 0 Å². The number of rotatable bonds is 6. The van der Waals surface area contributed by atoms with Crippen LogP contribution in [0.5, 0.6) is 0 Å². The maximum absolute atomic E-state index is 12.3. The van der Waals surface area contributed by atoms with Crippen LogP contribution < -0.4 is 11.1 Å². The van der Waals surface area contributed by atoms with Gasteiger partial charge in [-0.05, 0) is 43.4 Å². The van der Waals surface area contributed by atoms with Crippen LogP contribution in [0.3, 0.4) is 0 Å². The fraction of sp³-hybridized carbons (Fsp3) is 0.562. The predicted octanol–water partition coefficient (Wildman–Crippen LogP) is 3.43. The molecule has 1 amide bonds. The molecule has 3 nitrogen and oxygen atoms in total. The molecule has 0 radical (unpaired) electrons. The van der Waals surface area contributed by atoms with E-state index in [0.29, 0.717) is 12.5 Å². The molecule has 1 atom stereocenters. The van der Waals surface area contributed by atoms with Crippen molar-refractivity contribution in [1.82, 2.24) is 0 Å². The van der Waals surface area contributed by atoms with Crippen LogP contribution >= 0.6 is 0 Å². The molecule has 0 aliphatic rings. The topological polar surface area (TPSA) is 55.1 Å². The van der Waals surface area contributed by atoms with E-state index >= 15 is 0 Å². The molecular formula is C16H26N2O. The normalized spacial score (nSPS) is 12.5. The number of nitrogens with two attached hydrogens (primary N) is 1. The lowest BCUT2D eigenvalue weighted by Gasteiger charge is -2.19. The average molecular weight is 262 g/mol. The summed E-state index contributed by atoms with van der Waals surface area (Å²) in [4.78, 5) is 12.3. The number of carbonyl (C=O) groups excluding carboxylic acids is 1.